The lowest BCUT2D eigenvalue weighted by atomic mass is 10.2. The quantitative estimate of drug-likeness (QED) is 0.849. The van der Waals surface area contributed by atoms with Crippen molar-refractivity contribution in [3.05, 3.63) is 54.1 Å². The molecule has 1 atom stereocenters. The van der Waals surface area contributed by atoms with E-state index in [1.807, 2.05) is 55.5 Å². The number of benzene rings is 2. The summed E-state index contributed by atoms with van der Waals surface area (Å²) in [6.07, 6.45) is 2.11. The highest BCUT2D eigenvalue weighted by Gasteiger charge is 2.46. The fourth-order valence-corrected chi connectivity index (χ4v) is 3.04. The molecular weight excluding hydrogens is 316 g/mol. The van der Waals surface area contributed by atoms with Gasteiger partial charge >= 0.3 is 0 Å². The summed E-state index contributed by atoms with van der Waals surface area (Å²) in [6.45, 7) is 2.03. The number of likely N-dealkylation sites (tertiary alicyclic amines) is 1. The molecule has 1 saturated heterocycles. The highest BCUT2D eigenvalue weighted by atomic mass is 16.5. The highest BCUT2D eigenvalue weighted by molar-refractivity contribution is 6.07. The van der Waals surface area contributed by atoms with E-state index in [0.717, 1.165) is 30.0 Å². The Balaban J connectivity index is 1.40. The SMILES string of the molecule is Cc1ccc(Oc2ccc(N[C@H]3CC(=O)N(C4CC4)C3=O)cc2)cc1. The molecule has 0 bridgehead atoms. The van der Waals surface area contributed by atoms with E-state index >= 15 is 0 Å². The molecule has 2 aromatic carbocycles. The fourth-order valence-electron chi connectivity index (χ4n) is 3.04. The monoisotopic (exact) mass is 336 g/mol. The zero-order valence-corrected chi connectivity index (χ0v) is 14.1. The smallest absolute Gasteiger partial charge is 0.252 e. The Kier molecular flexibility index (Phi) is 3.92. The minimum absolute atomic E-state index is 0.0654. The Morgan fingerprint density at radius 1 is 0.960 bits per heavy atom. The van der Waals surface area contributed by atoms with Crippen LogP contribution < -0.4 is 10.1 Å². The van der Waals surface area contributed by atoms with Crippen LogP contribution >= 0.6 is 0 Å². The van der Waals surface area contributed by atoms with E-state index < -0.39 is 6.04 Å². The lowest BCUT2D eigenvalue weighted by molar-refractivity contribution is -0.139. The second-order valence-corrected chi connectivity index (χ2v) is 6.67. The van der Waals surface area contributed by atoms with Crippen molar-refractivity contribution >= 4 is 17.5 Å². The maximum Gasteiger partial charge on any atom is 0.252 e. The van der Waals surface area contributed by atoms with Crippen LogP contribution in [0.3, 0.4) is 0 Å². The molecule has 0 unspecified atom stereocenters. The summed E-state index contributed by atoms with van der Waals surface area (Å²) in [5, 5.41) is 3.16. The van der Waals surface area contributed by atoms with Crippen molar-refractivity contribution in [1.29, 1.82) is 0 Å². The number of aryl methyl sites for hydroxylation is 1. The van der Waals surface area contributed by atoms with Crippen molar-refractivity contribution in [3.63, 3.8) is 0 Å². The van der Waals surface area contributed by atoms with Gasteiger partial charge in [0.15, 0.2) is 0 Å². The van der Waals surface area contributed by atoms with Crippen LogP contribution in [0.5, 0.6) is 11.5 Å². The molecule has 1 heterocycles. The topological polar surface area (TPSA) is 58.6 Å². The van der Waals surface area contributed by atoms with E-state index in [4.69, 9.17) is 4.74 Å². The lowest BCUT2D eigenvalue weighted by Gasteiger charge is -2.15. The van der Waals surface area contributed by atoms with Gasteiger partial charge in [-0.05, 0) is 56.2 Å². The van der Waals surface area contributed by atoms with Crippen LogP contribution in [0.4, 0.5) is 5.69 Å². The summed E-state index contributed by atoms with van der Waals surface area (Å²) in [7, 11) is 0. The zero-order chi connectivity index (χ0) is 17.4. The summed E-state index contributed by atoms with van der Waals surface area (Å²) in [5.74, 6) is 1.34. The van der Waals surface area contributed by atoms with Gasteiger partial charge in [0.2, 0.25) is 5.91 Å². The maximum atomic E-state index is 12.4. The molecule has 1 aliphatic heterocycles. The number of carbonyl (C=O) groups is 2. The van der Waals surface area contributed by atoms with E-state index in [1.54, 1.807) is 0 Å². The summed E-state index contributed by atoms with van der Waals surface area (Å²) >= 11 is 0. The minimum Gasteiger partial charge on any atom is -0.457 e. The predicted octanol–water partition coefficient (Wildman–Crippen LogP) is 3.49. The fraction of sp³-hybridized carbons (Fsp3) is 0.300. The summed E-state index contributed by atoms with van der Waals surface area (Å²) < 4.78 is 5.80. The molecule has 5 heteroatoms. The summed E-state index contributed by atoms with van der Waals surface area (Å²) in [5.41, 5.74) is 1.99. The van der Waals surface area contributed by atoms with Gasteiger partial charge in [0, 0.05) is 11.7 Å². The predicted molar refractivity (Wildman–Crippen MR) is 94.6 cm³/mol. The van der Waals surface area contributed by atoms with Crippen LogP contribution in [0.2, 0.25) is 0 Å². The van der Waals surface area contributed by atoms with Crippen LogP contribution in [0, 0.1) is 6.92 Å². The molecule has 1 saturated carbocycles. The van der Waals surface area contributed by atoms with E-state index in [9.17, 15) is 9.59 Å². The van der Waals surface area contributed by atoms with Gasteiger partial charge in [-0.1, -0.05) is 17.7 Å². The summed E-state index contributed by atoms with van der Waals surface area (Å²) in [6, 6.07) is 15.0. The molecule has 25 heavy (non-hydrogen) atoms. The van der Waals surface area contributed by atoms with Gasteiger partial charge in [0.1, 0.15) is 17.5 Å². The number of amides is 2. The van der Waals surface area contributed by atoms with Gasteiger partial charge in [0.05, 0.1) is 6.42 Å². The molecule has 2 aliphatic rings. The molecule has 0 aromatic heterocycles. The standard InChI is InChI=1S/C20H20N2O3/c1-13-2-8-16(9-3-13)25-17-10-4-14(5-11-17)21-18-12-19(23)22(20(18)24)15-6-7-15/h2-5,8-11,15,18,21H,6-7,12H2,1H3/t18-/m0/s1. The first kappa shape index (κ1) is 15.7. The normalized spacial score (nSPS) is 20.0. The molecule has 2 aromatic rings. The zero-order valence-electron chi connectivity index (χ0n) is 14.1. The molecule has 5 nitrogen and oxygen atoms in total. The van der Waals surface area contributed by atoms with E-state index in [2.05, 4.69) is 5.32 Å². The lowest BCUT2D eigenvalue weighted by Crippen LogP contribution is -2.36. The molecular formula is C20H20N2O3. The second-order valence-electron chi connectivity index (χ2n) is 6.67. The Hall–Kier alpha value is -2.82. The average molecular weight is 336 g/mol. The van der Waals surface area contributed by atoms with Gasteiger partial charge in [0.25, 0.3) is 5.91 Å². The molecule has 2 fully saturated rings. The minimum atomic E-state index is -0.461. The van der Waals surface area contributed by atoms with Crippen LogP contribution in [0.25, 0.3) is 0 Å². The summed E-state index contributed by atoms with van der Waals surface area (Å²) in [4.78, 5) is 25.8. The van der Waals surface area contributed by atoms with Gasteiger partial charge in [-0.2, -0.15) is 0 Å². The Labute approximate surface area is 146 Å². The largest absolute Gasteiger partial charge is 0.457 e. The van der Waals surface area contributed by atoms with Crippen LogP contribution in [-0.4, -0.2) is 28.8 Å². The molecule has 4 rings (SSSR count). The number of carbonyl (C=O) groups excluding carboxylic acids is 2. The number of imide groups is 1. The molecule has 1 N–H and O–H groups in total. The third-order valence-electron chi connectivity index (χ3n) is 4.55. The highest BCUT2D eigenvalue weighted by Crippen LogP contribution is 2.32. The van der Waals surface area contributed by atoms with Crippen molar-refractivity contribution < 1.29 is 14.3 Å². The molecule has 2 amide bonds. The van der Waals surface area contributed by atoms with Gasteiger partial charge in [-0.25, -0.2) is 0 Å². The van der Waals surface area contributed by atoms with Crippen LogP contribution in [0.15, 0.2) is 48.5 Å². The molecule has 128 valence electrons. The van der Waals surface area contributed by atoms with Crippen LogP contribution in [-0.2, 0) is 9.59 Å². The van der Waals surface area contributed by atoms with Gasteiger partial charge < -0.3 is 10.1 Å². The van der Waals surface area contributed by atoms with Crippen molar-refractivity contribution in [3.8, 4) is 11.5 Å². The third-order valence-corrected chi connectivity index (χ3v) is 4.55. The second kappa shape index (κ2) is 6.24. The van der Waals surface area contributed by atoms with Crippen molar-refractivity contribution in [2.75, 3.05) is 5.32 Å². The van der Waals surface area contributed by atoms with Gasteiger partial charge in [-0.15, -0.1) is 0 Å². The van der Waals surface area contributed by atoms with E-state index in [0.29, 0.717) is 0 Å². The average Bonchev–Trinajstić information content (AvgIpc) is 3.39. The number of rotatable bonds is 5. The first-order chi connectivity index (χ1) is 12.1. The van der Waals surface area contributed by atoms with Crippen molar-refractivity contribution in [2.24, 2.45) is 0 Å². The Morgan fingerprint density at radius 3 is 2.16 bits per heavy atom. The molecule has 0 radical (unpaired) electrons. The van der Waals surface area contributed by atoms with Crippen molar-refractivity contribution in [1.82, 2.24) is 4.90 Å². The number of hydrogen-bond donors (Lipinski definition) is 1. The number of ether oxygens (including phenoxy) is 1. The maximum absolute atomic E-state index is 12.4. The number of nitrogens with one attached hydrogen (secondary N) is 1. The first-order valence-electron chi connectivity index (χ1n) is 8.57. The molecule has 1 aliphatic carbocycles. The van der Waals surface area contributed by atoms with Crippen LogP contribution in [0.1, 0.15) is 24.8 Å². The Morgan fingerprint density at radius 2 is 1.56 bits per heavy atom. The van der Waals surface area contributed by atoms with E-state index in [-0.39, 0.29) is 24.3 Å². The van der Waals surface area contributed by atoms with Crippen molar-refractivity contribution in [2.45, 2.75) is 38.3 Å². The molecule has 0 spiro atoms. The number of anilines is 1. The number of nitrogens with zero attached hydrogens (tertiary/aromatic N) is 1. The van der Waals surface area contributed by atoms with Gasteiger partial charge in [-0.3, -0.25) is 14.5 Å². The number of hydrogen-bond acceptors (Lipinski definition) is 4. The first-order valence-corrected chi connectivity index (χ1v) is 8.57. The third kappa shape index (κ3) is 3.36. The van der Waals surface area contributed by atoms with E-state index in [1.165, 1.54) is 10.5 Å². The Bertz CT molecular complexity index is 795.